The van der Waals surface area contributed by atoms with Gasteiger partial charge in [0.1, 0.15) is 0 Å². The molecule has 0 fully saturated rings. The van der Waals surface area contributed by atoms with Crippen molar-refractivity contribution in [1.29, 1.82) is 0 Å². The maximum absolute atomic E-state index is 12.1. The van der Waals surface area contributed by atoms with Gasteiger partial charge in [-0.15, -0.1) is 11.3 Å². The van der Waals surface area contributed by atoms with Gasteiger partial charge in [-0.2, -0.15) is 11.3 Å². The number of carbonyl (C=O) groups is 2. The molecule has 0 aliphatic rings. The Morgan fingerprint density at radius 2 is 2.13 bits per heavy atom. The van der Waals surface area contributed by atoms with Crippen molar-refractivity contribution in [1.82, 2.24) is 5.32 Å². The molecule has 4 nitrogen and oxygen atoms in total. The summed E-state index contributed by atoms with van der Waals surface area (Å²) >= 11 is 2.94. The second-order valence-corrected chi connectivity index (χ2v) is 6.63. The van der Waals surface area contributed by atoms with Crippen LogP contribution >= 0.6 is 22.7 Å². The minimum Gasteiger partial charge on any atom is -0.461 e. The average Bonchev–Trinajstić information content (AvgIpc) is 3.33. The summed E-state index contributed by atoms with van der Waals surface area (Å²) in [4.78, 5) is 25.4. The maximum Gasteiger partial charge on any atom is 0.244 e. The molecule has 3 heterocycles. The fourth-order valence-electron chi connectivity index (χ4n) is 1.90. The molecule has 0 spiro atoms. The first-order valence-corrected chi connectivity index (χ1v) is 8.63. The first kappa shape index (κ1) is 15.5. The van der Waals surface area contributed by atoms with E-state index in [0.29, 0.717) is 17.2 Å². The SMILES string of the molecule is O=C(/C=C/c1ccsc1)NCc1ccc(C(=O)c2ccco2)s1. The van der Waals surface area contributed by atoms with Gasteiger partial charge in [-0.1, -0.05) is 0 Å². The Balaban J connectivity index is 1.55. The van der Waals surface area contributed by atoms with Crippen LogP contribution in [0.2, 0.25) is 0 Å². The van der Waals surface area contributed by atoms with Crippen LogP contribution in [0.1, 0.15) is 25.9 Å². The summed E-state index contributed by atoms with van der Waals surface area (Å²) in [5.41, 5.74) is 1.01. The van der Waals surface area contributed by atoms with E-state index in [1.165, 1.54) is 23.7 Å². The number of furan rings is 1. The molecular weight excluding hydrogens is 330 g/mol. The lowest BCUT2D eigenvalue weighted by molar-refractivity contribution is -0.116. The zero-order valence-electron chi connectivity index (χ0n) is 12.0. The zero-order chi connectivity index (χ0) is 16.1. The molecule has 3 aromatic heterocycles. The molecule has 0 saturated carbocycles. The highest BCUT2D eigenvalue weighted by molar-refractivity contribution is 7.14. The molecular formula is C17H13NO3S2. The lowest BCUT2D eigenvalue weighted by Gasteiger charge is -1.98. The number of carbonyl (C=O) groups excluding carboxylic acids is 2. The van der Waals surface area contributed by atoms with Crippen LogP contribution < -0.4 is 5.32 Å². The molecule has 0 atom stereocenters. The van der Waals surface area contributed by atoms with Crippen LogP contribution in [-0.2, 0) is 11.3 Å². The highest BCUT2D eigenvalue weighted by Gasteiger charge is 2.14. The highest BCUT2D eigenvalue weighted by atomic mass is 32.1. The molecule has 3 rings (SSSR count). The fourth-order valence-corrected chi connectivity index (χ4v) is 3.42. The molecule has 0 aromatic carbocycles. The minimum atomic E-state index is -0.163. The van der Waals surface area contributed by atoms with Crippen LogP contribution in [-0.4, -0.2) is 11.7 Å². The Hall–Kier alpha value is -2.44. The summed E-state index contributed by atoms with van der Waals surface area (Å²) in [6.07, 6.45) is 4.75. The zero-order valence-corrected chi connectivity index (χ0v) is 13.7. The third kappa shape index (κ3) is 4.06. The van der Waals surface area contributed by atoms with E-state index in [2.05, 4.69) is 5.32 Å². The molecule has 1 amide bonds. The van der Waals surface area contributed by atoms with E-state index in [9.17, 15) is 9.59 Å². The van der Waals surface area contributed by atoms with E-state index in [1.807, 2.05) is 22.9 Å². The van der Waals surface area contributed by atoms with Crippen molar-refractivity contribution in [3.8, 4) is 0 Å². The molecule has 0 radical (unpaired) electrons. The number of nitrogens with one attached hydrogen (secondary N) is 1. The Morgan fingerprint density at radius 3 is 2.87 bits per heavy atom. The van der Waals surface area contributed by atoms with Crippen molar-refractivity contribution in [3.63, 3.8) is 0 Å². The molecule has 0 aliphatic carbocycles. The number of hydrogen-bond donors (Lipinski definition) is 1. The summed E-state index contributed by atoms with van der Waals surface area (Å²) in [5.74, 6) is 0.0135. The largest absolute Gasteiger partial charge is 0.461 e. The third-order valence-electron chi connectivity index (χ3n) is 3.04. The maximum atomic E-state index is 12.1. The van der Waals surface area contributed by atoms with Crippen molar-refractivity contribution < 1.29 is 14.0 Å². The van der Waals surface area contributed by atoms with Crippen LogP contribution in [0.4, 0.5) is 0 Å². The molecule has 3 aromatic rings. The third-order valence-corrected chi connectivity index (χ3v) is 4.82. The van der Waals surface area contributed by atoms with Gasteiger partial charge in [0.05, 0.1) is 17.7 Å². The number of hydrogen-bond acceptors (Lipinski definition) is 5. The van der Waals surface area contributed by atoms with E-state index in [0.717, 1.165) is 10.4 Å². The average molecular weight is 343 g/mol. The van der Waals surface area contributed by atoms with Gasteiger partial charge >= 0.3 is 0 Å². The van der Waals surface area contributed by atoms with Crippen molar-refractivity contribution in [2.24, 2.45) is 0 Å². The fraction of sp³-hybridized carbons (Fsp3) is 0.0588. The van der Waals surface area contributed by atoms with Crippen molar-refractivity contribution in [2.75, 3.05) is 0 Å². The normalized spacial score (nSPS) is 11.0. The van der Waals surface area contributed by atoms with Gasteiger partial charge in [-0.05, 0) is 52.7 Å². The molecule has 1 N–H and O–H groups in total. The molecule has 6 heteroatoms. The summed E-state index contributed by atoms with van der Waals surface area (Å²) < 4.78 is 5.10. The summed E-state index contributed by atoms with van der Waals surface area (Å²) in [7, 11) is 0. The number of rotatable bonds is 6. The molecule has 116 valence electrons. The number of amides is 1. The van der Waals surface area contributed by atoms with Gasteiger partial charge in [0.2, 0.25) is 11.7 Å². The van der Waals surface area contributed by atoms with Crippen molar-refractivity contribution >= 4 is 40.4 Å². The summed E-state index contributed by atoms with van der Waals surface area (Å²) in [6, 6.07) is 8.85. The molecule has 0 saturated heterocycles. The predicted molar refractivity (Wildman–Crippen MR) is 91.7 cm³/mol. The van der Waals surface area contributed by atoms with E-state index in [-0.39, 0.29) is 11.7 Å². The lowest BCUT2D eigenvalue weighted by Crippen LogP contribution is -2.19. The van der Waals surface area contributed by atoms with Gasteiger partial charge in [0.15, 0.2) is 5.76 Å². The van der Waals surface area contributed by atoms with E-state index < -0.39 is 0 Å². The first-order chi connectivity index (χ1) is 11.2. The topological polar surface area (TPSA) is 59.3 Å². The molecule has 0 unspecified atom stereocenters. The summed E-state index contributed by atoms with van der Waals surface area (Å²) in [6.45, 7) is 0.392. The smallest absolute Gasteiger partial charge is 0.244 e. The second kappa shape index (κ2) is 7.21. The monoisotopic (exact) mass is 343 g/mol. The van der Waals surface area contributed by atoms with Crippen LogP contribution in [0, 0.1) is 0 Å². The Bertz CT molecular complexity index is 814. The van der Waals surface area contributed by atoms with Crippen LogP contribution in [0.3, 0.4) is 0 Å². The Kier molecular flexibility index (Phi) is 4.85. The highest BCUT2D eigenvalue weighted by Crippen LogP contribution is 2.20. The van der Waals surface area contributed by atoms with Gasteiger partial charge < -0.3 is 9.73 Å². The van der Waals surface area contributed by atoms with E-state index >= 15 is 0 Å². The van der Waals surface area contributed by atoms with Crippen LogP contribution in [0.5, 0.6) is 0 Å². The molecule has 0 aliphatic heterocycles. The van der Waals surface area contributed by atoms with Crippen LogP contribution in [0.15, 0.2) is 57.8 Å². The molecule has 23 heavy (non-hydrogen) atoms. The van der Waals surface area contributed by atoms with E-state index in [4.69, 9.17) is 4.42 Å². The molecule has 0 bridgehead atoms. The standard InChI is InChI=1S/C17H13NO3S2/c19-16(6-3-12-7-9-22-11-12)18-10-13-4-5-15(23-13)17(20)14-2-1-8-21-14/h1-9,11H,10H2,(H,18,19)/b6-3+. The Labute approximate surface area is 141 Å². The van der Waals surface area contributed by atoms with Gasteiger partial charge in [0.25, 0.3) is 0 Å². The quantitative estimate of drug-likeness (QED) is 0.544. The predicted octanol–water partition coefficient (Wildman–Crippen LogP) is 3.96. The number of thiophene rings is 2. The first-order valence-electron chi connectivity index (χ1n) is 6.87. The number of ketones is 1. The summed E-state index contributed by atoms with van der Waals surface area (Å²) in [5, 5.41) is 6.73. The van der Waals surface area contributed by atoms with Gasteiger partial charge in [0, 0.05) is 11.0 Å². The van der Waals surface area contributed by atoms with Gasteiger partial charge in [-0.3, -0.25) is 9.59 Å². The van der Waals surface area contributed by atoms with Crippen molar-refractivity contribution in [3.05, 3.63) is 74.5 Å². The van der Waals surface area contributed by atoms with Crippen molar-refractivity contribution in [2.45, 2.75) is 6.54 Å². The van der Waals surface area contributed by atoms with Crippen LogP contribution in [0.25, 0.3) is 6.08 Å². The minimum absolute atomic E-state index is 0.144. The van der Waals surface area contributed by atoms with Gasteiger partial charge in [-0.25, -0.2) is 0 Å². The van der Waals surface area contributed by atoms with E-state index in [1.54, 1.807) is 35.6 Å². The second-order valence-electron chi connectivity index (χ2n) is 4.68. The lowest BCUT2D eigenvalue weighted by atomic mass is 10.2. The Morgan fingerprint density at radius 1 is 1.22 bits per heavy atom.